The van der Waals surface area contributed by atoms with Crippen LogP contribution in [0.25, 0.3) is 11.3 Å². The third kappa shape index (κ3) is 2.55. The standard InChI is InChI=1S/C15H19N3/c1-2-6-13(7-3-1)17-14-8-4-5-12(11-14)15-9-10-16-18-15/h4-5,8-11,13,17H,1-3,6-7H2,(H,16,18). The quantitative estimate of drug-likeness (QED) is 0.857. The lowest BCUT2D eigenvalue weighted by molar-refractivity contribution is 0.463. The molecule has 0 radical (unpaired) electrons. The lowest BCUT2D eigenvalue weighted by Crippen LogP contribution is -2.22. The summed E-state index contributed by atoms with van der Waals surface area (Å²) >= 11 is 0. The maximum atomic E-state index is 4.00. The van der Waals surface area contributed by atoms with E-state index in [4.69, 9.17) is 0 Å². The zero-order valence-electron chi connectivity index (χ0n) is 10.5. The molecule has 2 N–H and O–H groups in total. The fourth-order valence-electron chi connectivity index (χ4n) is 2.68. The Balaban J connectivity index is 1.74. The summed E-state index contributed by atoms with van der Waals surface area (Å²) < 4.78 is 0. The molecule has 1 saturated carbocycles. The van der Waals surface area contributed by atoms with Gasteiger partial charge in [0, 0.05) is 23.5 Å². The summed E-state index contributed by atoms with van der Waals surface area (Å²) in [5.41, 5.74) is 3.48. The van der Waals surface area contributed by atoms with E-state index in [1.54, 1.807) is 6.20 Å². The molecule has 0 atom stereocenters. The molecule has 1 aliphatic carbocycles. The summed E-state index contributed by atoms with van der Waals surface area (Å²) in [6.07, 6.45) is 8.50. The van der Waals surface area contributed by atoms with Crippen LogP contribution in [-0.2, 0) is 0 Å². The zero-order chi connectivity index (χ0) is 12.2. The molecule has 1 aromatic heterocycles. The largest absolute Gasteiger partial charge is 0.382 e. The average Bonchev–Trinajstić information content (AvgIpc) is 2.94. The first-order valence-electron chi connectivity index (χ1n) is 6.78. The van der Waals surface area contributed by atoms with Crippen molar-refractivity contribution in [3.05, 3.63) is 36.5 Å². The van der Waals surface area contributed by atoms with Crippen LogP contribution < -0.4 is 5.32 Å². The average molecular weight is 241 g/mol. The molecule has 1 fully saturated rings. The molecule has 0 aliphatic heterocycles. The van der Waals surface area contributed by atoms with Gasteiger partial charge in [-0.05, 0) is 31.0 Å². The number of rotatable bonds is 3. The van der Waals surface area contributed by atoms with Crippen molar-refractivity contribution in [2.75, 3.05) is 5.32 Å². The number of H-pyrrole nitrogens is 1. The van der Waals surface area contributed by atoms with E-state index in [0.29, 0.717) is 6.04 Å². The van der Waals surface area contributed by atoms with Crippen molar-refractivity contribution in [1.29, 1.82) is 0 Å². The van der Waals surface area contributed by atoms with E-state index in [1.807, 2.05) is 6.07 Å². The van der Waals surface area contributed by atoms with Crippen LogP contribution in [0.4, 0.5) is 5.69 Å². The van der Waals surface area contributed by atoms with Crippen LogP contribution in [0.5, 0.6) is 0 Å². The number of hydrogen-bond acceptors (Lipinski definition) is 2. The smallest absolute Gasteiger partial charge is 0.0650 e. The summed E-state index contributed by atoms with van der Waals surface area (Å²) in [6.45, 7) is 0. The Kier molecular flexibility index (Phi) is 3.31. The van der Waals surface area contributed by atoms with Gasteiger partial charge >= 0.3 is 0 Å². The molecule has 0 unspecified atom stereocenters. The maximum absolute atomic E-state index is 4.00. The molecule has 3 heteroatoms. The van der Waals surface area contributed by atoms with E-state index in [0.717, 1.165) is 5.69 Å². The molecule has 18 heavy (non-hydrogen) atoms. The van der Waals surface area contributed by atoms with Gasteiger partial charge in [0.15, 0.2) is 0 Å². The Labute approximate surface area is 108 Å². The molecule has 1 aliphatic rings. The van der Waals surface area contributed by atoms with E-state index in [-0.39, 0.29) is 0 Å². The van der Waals surface area contributed by atoms with Gasteiger partial charge in [-0.2, -0.15) is 5.10 Å². The second kappa shape index (κ2) is 5.25. The van der Waals surface area contributed by atoms with Crippen molar-refractivity contribution < 1.29 is 0 Å². The number of hydrogen-bond donors (Lipinski definition) is 2. The summed E-state index contributed by atoms with van der Waals surface area (Å²) in [5.74, 6) is 0. The zero-order valence-corrected chi connectivity index (χ0v) is 10.5. The normalized spacial score (nSPS) is 16.7. The highest BCUT2D eigenvalue weighted by Gasteiger charge is 2.12. The molecule has 3 rings (SSSR count). The van der Waals surface area contributed by atoms with Crippen LogP contribution in [0.2, 0.25) is 0 Å². The number of nitrogens with zero attached hydrogens (tertiary/aromatic N) is 1. The number of aromatic nitrogens is 2. The molecule has 0 spiro atoms. The third-order valence-corrected chi connectivity index (χ3v) is 3.65. The Morgan fingerprint density at radius 3 is 2.78 bits per heavy atom. The Morgan fingerprint density at radius 1 is 1.11 bits per heavy atom. The monoisotopic (exact) mass is 241 g/mol. The van der Waals surface area contributed by atoms with Gasteiger partial charge in [0.25, 0.3) is 0 Å². The second-order valence-corrected chi connectivity index (χ2v) is 5.03. The van der Waals surface area contributed by atoms with Gasteiger partial charge in [0.2, 0.25) is 0 Å². The minimum absolute atomic E-state index is 0.649. The molecule has 2 aromatic rings. The molecule has 3 nitrogen and oxygen atoms in total. The van der Waals surface area contributed by atoms with Gasteiger partial charge in [0.1, 0.15) is 0 Å². The molecule has 0 amide bonds. The van der Waals surface area contributed by atoms with E-state index < -0.39 is 0 Å². The van der Waals surface area contributed by atoms with Crippen LogP contribution >= 0.6 is 0 Å². The lowest BCUT2D eigenvalue weighted by Gasteiger charge is -2.24. The van der Waals surface area contributed by atoms with Gasteiger partial charge in [-0.15, -0.1) is 0 Å². The molecule has 1 heterocycles. The SMILES string of the molecule is c1cc(NC2CCCCC2)cc(-c2ccn[nH]2)c1. The number of aromatic amines is 1. The molecule has 94 valence electrons. The summed E-state index contributed by atoms with van der Waals surface area (Å²) in [6, 6.07) is 11.2. The Morgan fingerprint density at radius 2 is 2.00 bits per heavy atom. The summed E-state index contributed by atoms with van der Waals surface area (Å²) in [4.78, 5) is 0. The molecule has 0 saturated heterocycles. The minimum atomic E-state index is 0.649. The molecule has 0 bridgehead atoms. The fraction of sp³-hybridized carbons (Fsp3) is 0.400. The van der Waals surface area contributed by atoms with Crippen LogP contribution in [0.1, 0.15) is 32.1 Å². The van der Waals surface area contributed by atoms with E-state index in [1.165, 1.54) is 43.4 Å². The highest BCUT2D eigenvalue weighted by molar-refractivity contribution is 5.64. The van der Waals surface area contributed by atoms with Crippen molar-refractivity contribution >= 4 is 5.69 Å². The maximum Gasteiger partial charge on any atom is 0.0650 e. The first-order chi connectivity index (χ1) is 8.92. The molecular formula is C15H19N3. The van der Waals surface area contributed by atoms with Crippen molar-refractivity contribution in [2.24, 2.45) is 0 Å². The number of nitrogens with one attached hydrogen (secondary N) is 2. The summed E-state index contributed by atoms with van der Waals surface area (Å²) in [5, 5.41) is 10.7. The first kappa shape index (κ1) is 11.3. The predicted molar refractivity (Wildman–Crippen MR) is 74.5 cm³/mol. The van der Waals surface area contributed by atoms with Crippen LogP contribution in [0.15, 0.2) is 36.5 Å². The van der Waals surface area contributed by atoms with Gasteiger partial charge in [0.05, 0.1) is 5.69 Å². The van der Waals surface area contributed by atoms with Gasteiger partial charge < -0.3 is 5.32 Å². The second-order valence-electron chi connectivity index (χ2n) is 5.03. The van der Waals surface area contributed by atoms with Crippen LogP contribution in [-0.4, -0.2) is 16.2 Å². The number of anilines is 1. The topological polar surface area (TPSA) is 40.7 Å². The minimum Gasteiger partial charge on any atom is -0.382 e. The Bertz CT molecular complexity index is 484. The van der Waals surface area contributed by atoms with Crippen LogP contribution in [0, 0.1) is 0 Å². The van der Waals surface area contributed by atoms with E-state index in [2.05, 4.69) is 39.8 Å². The third-order valence-electron chi connectivity index (χ3n) is 3.65. The molecule has 1 aromatic carbocycles. The van der Waals surface area contributed by atoms with Crippen LogP contribution in [0.3, 0.4) is 0 Å². The number of benzene rings is 1. The van der Waals surface area contributed by atoms with Crippen molar-refractivity contribution in [2.45, 2.75) is 38.1 Å². The van der Waals surface area contributed by atoms with E-state index in [9.17, 15) is 0 Å². The molecular weight excluding hydrogens is 222 g/mol. The lowest BCUT2D eigenvalue weighted by atomic mass is 9.95. The van der Waals surface area contributed by atoms with Gasteiger partial charge in [-0.1, -0.05) is 31.4 Å². The summed E-state index contributed by atoms with van der Waals surface area (Å²) in [7, 11) is 0. The van der Waals surface area contributed by atoms with Crippen molar-refractivity contribution in [1.82, 2.24) is 10.2 Å². The fourth-order valence-corrected chi connectivity index (χ4v) is 2.68. The van der Waals surface area contributed by atoms with E-state index >= 15 is 0 Å². The first-order valence-corrected chi connectivity index (χ1v) is 6.78. The Hall–Kier alpha value is -1.77. The predicted octanol–water partition coefficient (Wildman–Crippen LogP) is 3.82. The van der Waals surface area contributed by atoms with Crippen molar-refractivity contribution in [3.8, 4) is 11.3 Å². The van der Waals surface area contributed by atoms with Gasteiger partial charge in [-0.25, -0.2) is 0 Å². The van der Waals surface area contributed by atoms with Gasteiger partial charge in [-0.3, -0.25) is 5.10 Å². The highest BCUT2D eigenvalue weighted by atomic mass is 15.1. The highest BCUT2D eigenvalue weighted by Crippen LogP contribution is 2.24. The van der Waals surface area contributed by atoms with Crippen molar-refractivity contribution in [3.63, 3.8) is 0 Å².